The second-order valence-electron chi connectivity index (χ2n) is 3.74. The van der Waals surface area contributed by atoms with Crippen molar-refractivity contribution < 1.29 is 9.90 Å². The highest BCUT2D eigenvalue weighted by molar-refractivity contribution is 5.82. The van der Waals surface area contributed by atoms with Crippen LogP contribution < -0.4 is 0 Å². The van der Waals surface area contributed by atoms with Gasteiger partial charge in [0.25, 0.3) is 0 Å². The molecular formula is C13H28O2. The lowest BCUT2D eigenvalue weighted by atomic mass is 9.71. The zero-order chi connectivity index (χ0) is 12.5. The third-order valence-electron chi connectivity index (χ3n) is 2.96. The summed E-state index contributed by atoms with van der Waals surface area (Å²) >= 11 is 0. The predicted molar refractivity (Wildman–Crippen MR) is 66.0 cm³/mol. The van der Waals surface area contributed by atoms with Gasteiger partial charge in [0.05, 0.1) is 11.5 Å². The third kappa shape index (κ3) is 4.78. The largest absolute Gasteiger partial charge is 0.392 e. The van der Waals surface area contributed by atoms with Crippen molar-refractivity contribution in [2.45, 2.75) is 73.3 Å². The summed E-state index contributed by atoms with van der Waals surface area (Å²) in [5.41, 5.74) is -0.446. The van der Waals surface area contributed by atoms with Gasteiger partial charge in [0, 0.05) is 0 Å². The number of aliphatic hydroxyl groups excluding tert-OH is 1. The van der Waals surface area contributed by atoms with E-state index in [1.165, 1.54) is 0 Å². The molecule has 92 valence electrons. The fourth-order valence-corrected chi connectivity index (χ4v) is 1.73. The first-order chi connectivity index (χ1) is 7.07. The van der Waals surface area contributed by atoms with Gasteiger partial charge in [-0.3, -0.25) is 4.79 Å². The minimum atomic E-state index is -0.446. The van der Waals surface area contributed by atoms with Gasteiger partial charge in [-0.25, -0.2) is 0 Å². The van der Waals surface area contributed by atoms with Crippen LogP contribution in [0.1, 0.15) is 67.2 Å². The fraction of sp³-hybridized carbons (Fsp3) is 0.923. The number of rotatable bonds is 1. The molecule has 15 heavy (non-hydrogen) atoms. The molecule has 1 saturated carbocycles. The Morgan fingerprint density at radius 3 is 1.93 bits per heavy atom. The lowest BCUT2D eigenvalue weighted by Gasteiger charge is -2.35. The number of aliphatic hydroxyl groups is 1. The van der Waals surface area contributed by atoms with Crippen molar-refractivity contribution in [3.8, 4) is 0 Å². The Labute approximate surface area is 95.1 Å². The molecule has 2 nitrogen and oxygen atoms in total. The summed E-state index contributed by atoms with van der Waals surface area (Å²) in [7, 11) is 0. The third-order valence-corrected chi connectivity index (χ3v) is 2.96. The Bertz CT molecular complexity index is 166. The monoisotopic (exact) mass is 216 g/mol. The predicted octanol–water partition coefficient (Wildman–Crippen LogP) is 3.57. The quantitative estimate of drug-likeness (QED) is 0.727. The molecule has 0 spiro atoms. The maximum absolute atomic E-state index is 11.2. The number of carbonyl (C=O) groups excluding carboxylic acids is 1. The van der Waals surface area contributed by atoms with E-state index in [1.807, 2.05) is 34.6 Å². The molecule has 0 aliphatic heterocycles. The van der Waals surface area contributed by atoms with Crippen molar-refractivity contribution in [3.63, 3.8) is 0 Å². The highest BCUT2D eigenvalue weighted by Gasteiger charge is 2.39. The smallest absolute Gasteiger partial charge is 0.138 e. The Balaban J connectivity index is 0. The molecule has 1 fully saturated rings. The van der Waals surface area contributed by atoms with Crippen molar-refractivity contribution in [3.05, 3.63) is 0 Å². The van der Waals surface area contributed by atoms with Crippen molar-refractivity contribution in [1.82, 2.24) is 0 Å². The molecule has 1 N–H and O–H groups in total. The summed E-state index contributed by atoms with van der Waals surface area (Å²) in [4.78, 5) is 11.2. The van der Waals surface area contributed by atoms with Crippen molar-refractivity contribution in [2.24, 2.45) is 5.41 Å². The summed E-state index contributed by atoms with van der Waals surface area (Å²) in [6.07, 6.45) is 3.37. The van der Waals surface area contributed by atoms with Gasteiger partial charge >= 0.3 is 0 Å². The first-order valence-electron chi connectivity index (χ1n) is 6.26. The Morgan fingerprint density at radius 2 is 1.67 bits per heavy atom. The molecule has 1 aliphatic rings. The second-order valence-corrected chi connectivity index (χ2v) is 3.74. The first-order valence-corrected chi connectivity index (χ1v) is 6.26. The topological polar surface area (TPSA) is 37.3 Å². The van der Waals surface area contributed by atoms with Gasteiger partial charge in [-0.15, -0.1) is 0 Å². The Hall–Kier alpha value is -0.370. The summed E-state index contributed by atoms with van der Waals surface area (Å²) in [5.74, 6) is 0.129. The van der Waals surface area contributed by atoms with E-state index in [0.717, 1.165) is 25.7 Å². The number of hydrogen-bond acceptors (Lipinski definition) is 2. The normalized spacial score (nSPS) is 29.1. The molecule has 0 heterocycles. The molecule has 2 unspecified atom stereocenters. The van der Waals surface area contributed by atoms with E-state index < -0.39 is 11.5 Å². The van der Waals surface area contributed by atoms with E-state index in [4.69, 9.17) is 0 Å². The number of carbonyl (C=O) groups is 1. The maximum Gasteiger partial charge on any atom is 0.138 e. The minimum absolute atomic E-state index is 0.129. The molecule has 2 atom stereocenters. The highest BCUT2D eigenvalue weighted by Crippen LogP contribution is 2.36. The van der Waals surface area contributed by atoms with Crippen LogP contribution in [0, 0.1) is 5.41 Å². The average molecular weight is 216 g/mol. The van der Waals surface area contributed by atoms with Crippen LogP contribution >= 0.6 is 0 Å². The molecule has 1 rings (SSSR count). The van der Waals surface area contributed by atoms with Gasteiger partial charge in [-0.2, -0.15) is 0 Å². The van der Waals surface area contributed by atoms with Crippen LogP contribution in [0.15, 0.2) is 0 Å². The number of ketones is 1. The highest BCUT2D eigenvalue weighted by atomic mass is 16.3. The van der Waals surface area contributed by atoms with Crippen LogP contribution in [0.4, 0.5) is 0 Å². The molecule has 0 aromatic rings. The van der Waals surface area contributed by atoms with E-state index >= 15 is 0 Å². The summed E-state index contributed by atoms with van der Waals surface area (Å²) in [6.45, 7) is 11.5. The maximum atomic E-state index is 11.2. The Morgan fingerprint density at radius 1 is 1.20 bits per heavy atom. The SMILES string of the molecule is CC.CC.CC(=O)C1(C)CCCCC1O. The van der Waals surface area contributed by atoms with E-state index in [2.05, 4.69) is 0 Å². The average Bonchev–Trinajstić information content (AvgIpc) is 2.28. The van der Waals surface area contributed by atoms with Gasteiger partial charge in [-0.1, -0.05) is 47.5 Å². The van der Waals surface area contributed by atoms with E-state index in [1.54, 1.807) is 6.92 Å². The standard InChI is InChI=1S/C9H16O2.2C2H6/c1-7(10)9(2)6-4-3-5-8(9)11;2*1-2/h8,11H,3-6H2,1-2H3;2*1-2H3. The number of hydrogen-bond donors (Lipinski definition) is 1. The number of Topliss-reactive ketones (excluding diaryl/α,β-unsaturated/α-hetero) is 1. The molecule has 0 amide bonds. The van der Waals surface area contributed by atoms with Crippen LogP contribution in [0.2, 0.25) is 0 Å². The van der Waals surface area contributed by atoms with Crippen LogP contribution in [-0.4, -0.2) is 17.0 Å². The van der Waals surface area contributed by atoms with Crippen LogP contribution in [0.5, 0.6) is 0 Å². The molecule has 0 aromatic heterocycles. The lowest BCUT2D eigenvalue weighted by molar-refractivity contribution is -0.134. The molecular weight excluding hydrogens is 188 g/mol. The first kappa shape index (κ1) is 17.0. The summed E-state index contributed by atoms with van der Waals surface area (Å²) in [5, 5.41) is 9.58. The molecule has 1 aliphatic carbocycles. The molecule has 2 heteroatoms. The second kappa shape index (κ2) is 8.90. The van der Waals surface area contributed by atoms with Crippen LogP contribution in [-0.2, 0) is 4.79 Å². The van der Waals surface area contributed by atoms with Crippen molar-refractivity contribution >= 4 is 5.78 Å². The van der Waals surface area contributed by atoms with Gasteiger partial charge in [0.1, 0.15) is 5.78 Å². The van der Waals surface area contributed by atoms with E-state index in [0.29, 0.717) is 0 Å². The minimum Gasteiger partial charge on any atom is -0.392 e. The molecule has 0 saturated heterocycles. The van der Waals surface area contributed by atoms with Crippen LogP contribution in [0.25, 0.3) is 0 Å². The molecule has 0 bridgehead atoms. The van der Waals surface area contributed by atoms with Crippen LogP contribution in [0.3, 0.4) is 0 Å². The van der Waals surface area contributed by atoms with E-state index in [9.17, 15) is 9.90 Å². The van der Waals surface area contributed by atoms with Gasteiger partial charge < -0.3 is 5.11 Å². The summed E-state index contributed by atoms with van der Waals surface area (Å²) in [6, 6.07) is 0. The zero-order valence-electron chi connectivity index (χ0n) is 11.3. The fourth-order valence-electron chi connectivity index (χ4n) is 1.73. The van der Waals surface area contributed by atoms with Gasteiger partial charge in [-0.05, 0) is 19.8 Å². The van der Waals surface area contributed by atoms with Gasteiger partial charge in [0.15, 0.2) is 0 Å². The van der Waals surface area contributed by atoms with Crippen molar-refractivity contribution in [2.75, 3.05) is 0 Å². The van der Waals surface area contributed by atoms with E-state index in [-0.39, 0.29) is 5.78 Å². The zero-order valence-corrected chi connectivity index (χ0v) is 11.3. The molecule has 0 aromatic carbocycles. The van der Waals surface area contributed by atoms with Gasteiger partial charge in [0.2, 0.25) is 0 Å². The molecule has 0 radical (unpaired) electrons. The Kier molecular flexibility index (Phi) is 10.1. The lowest BCUT2D eigenvalue weighted by Crippen LogP contribution is -2.41. The summed E-state index contributed by atoms with van der Waals surface area (Å²) < 4.78 is 0. The van der Waals surface area contributed by atoms with Crippen molar-refractivity contribution in [1.29, 1.82) is 0 Å².